The number of para-hydroxylation sites is 2. The number of nitrogens with one attached hydrogen (secondary N) is 2. The Bertz CT molecular complexity index is 741. The molecule has 0 saturated heterocycles. The summed E-state index contributed by atoms with van der Waals surface area (Å²) in [7, 11) is 1.78. The average Bonchev–Trinajstić information content (AvgIpc) is 3.07. The molecule has 156 valence electrons. The van der Waals surface area contributed by atoms with Gasteiger partial charge in [-0.3, -0.25) is 4.99 Å². The Morgan fingerprint density at radius 2 is 2.11 bits per heavy atom. The van der Waals surface area contributed by atoms with Crippen LogP contribution in [0.25, 0.3) is 11.0 Å². The molecule has 1 fully saturated rings. The van der Waals surface area contributed by atoms with Crippen molar-refractivity contribution in [1.29, 1.82) is 0 Å². The van der Waals surface area contributed by atoms with Crippen LogP contribution >= 0.6 is 24.0 Å². The van der Waals surface area contributed by atoms with Crippen molar-refractivity contribution in [3.63, 3.8) is 0 Å². The van der Waals surface area contributed by atoms with Gasteiger partial charge in [-0.05, 0) is 50.2 Å². The fourth-order valence-corrected chi connectivity index (χ4v) is 3.72. The first-order valence-corrected chi connectivity index (χ1v) is 10.2. The molecule has 0 unspecified atom stereocenters. The number of aliphatic imine (C=N–C) groups is 1. The first kappa shape index (κ1) is 22.9. The maximum Gasteiger partial charge on any atom is 0.191 e. The second kappa shape index (κ2) is 11.6. The minimum absolute atomic E-state index is 0. The SMILES string of the molecule is CCNC(=NCC1(CCOC)CCC1)NCCCn1cnc2ccccc21.I. The fraction of sp³-hybridized carbons (Fsp3) is 0.619. The molecule has 1 saturated carbocycles. The van der Waals surface area contributed by atoms with Crippen molar-refractivity contribution in [1.82, 2.24) is 20.2 Å². The number of nitrogens with zero attached hydrogens (tertiary/aromatic N) is 3. The van der Waals surface area contributed by atoms with Crippen LogP contribution in [0.1, 0.15) is 39.0 Å². The van der Waals surface area contributed by atoms with Crippen molar-refractivity contribution in [3.8, 4) is 0 Å². The smallest absolute Gasteiger partial charge is 0.191 e. The molecule has 1 aliphatic carbocycles. The molecule has 2 N–H and O–H groups in total. The molecule has 1 aliphatic rings. The van der Waals surface area contributed by atoms with Gasteiger partial charge in [0.25, 0.3) is 0 Å². The number of rotatable bonds is 10. The fourth-order valence-electron chi connectivity index (χ4n) is 3.72. The molecule has 0 aliphatic heterocycles. The van der Waals surface area contributed by atoms with Gasteiger partial charge in [-0.2, -0.15) is 0 Å². The number of hydrogen-bond donors (Lipinski definition) is 2. The van der Waals surface area contributed by atoms with Crippen LogP contribution in [0.4, 0.5) is 0 Å². The summed E-state index contributed by atoms with van der Waals surface area (Å²) in [6.07, 6.45) is 7.93. The number of halogens is 1. The zero-order valence-corrected chi connectivity index (χ0v) is 19.4. The molecule has 1 aromatic heterocycles. The van der Waals surface area contributed by atoms with Gasteiger partial charge in [0.1, 0.15) is 0 Å². The minimum atomic E-state index is 0. The summed E-state index contributed by atoms with van der Waals surface area (Å²) in [4.78, 5) is 9.32. The van der Waals surface area contributed by atoms with Gasteiger partial charge in [0.2, 0.25) is 0 Å². The van der Waals surface area contributed by atoms with E-state index in [0.29, 0.717) is 5.41 Å². The lowest BCUT2D eigenvalue weighted by atomic mass is 9.67. The normalized spacial score (nSPS) is 15.7. The van der Waals surface area contributed by atoms with Crippen molar-refractivity contribution < 1.29 is 4.74 Å². The van der Waals surface area contributed by atoms with E-state index in [-0.39, 0.29) is 24.0 Å². The number of ether oxygens (including phenoxy) is 1. The molecule has 1 heterocycles. The number of benzene rings is 1. The molecule has 6 nitrogen and oxygen atoms in total. The number of aromatic nitrogens is 2. The molecule has 0 amide bonds. The molecule has 2 aromatic rings. The third-order valence-electron chi connectivity index (χ3n) is 5.56. The molecule has 0 atom stereocenters. The lowest BCUT2D eigenvalue weighted by Crippen LogP contribution is -2.40. The molecular weight excluding hydrogens is 465 g/mol. The number of guanidine groups is 1. The summed E-state index contributed by atoms with van der Waals surface area (Å²) in [5.74, 6) is 0.927. The lowest BCUT2D eigenvalue weighted by Gasteiger charge is -2.40. The standard InChI is InChI=1S/C21H33N5O.HI/c1-3-22-20(24-16-21(10-6-11-21)12-15-27-2)23-13-7-14-26-17-25-18-8-4-5-9-19(18)26;/h4-5,8-9,17H,3,6-7,10-16H2,1-2H3,(H2,22,23,24);1H. The van der Waals surface area contributed by atoms with Gasteiger partial charge >= 0.3 is 0 Å². The van der Waals surface area contributed by atoms with Gasteiger partial charge < -0.3 is 19.9 Å². The zero-order chi connectivity index (χ0) is 19.0. The highest BCUT2D eigenvalue weighted by Crippen LogP contribution is 2.44. The van der Waals surface area contributed by atoms with E-state index in [1.807, 2.05) is 12.4 Å². The van der Waals surface area contributed by atoms with Crippen molar-refractivity contribution >= 4 is 41.0 Å². The Balaban J connectivity index is 0.00000280. The van der Waals surface area contributed by atoms with Crippen LogP contribution in [-0.4, -0.2) is 48.9 Å². The highest BCUT2D eigenvalue weighted by molar-refractivity contribution is 14.0. The Hall–Kier alpha value is -1.35. The molecular formula is C21H34IN5O. The molecule has 1 aromatic carbocycles. The van der Waals surface area contributed by atoms with Crippen LogP contribution in [0.2, 0.25) is 0 Å². The van der Waals surface area contributed by atoms with Crippen LogP contribution in [0.5, 0.6) is 0 Å². The zero-order valence-electron chi connectivity index (χ0n) is 17.1. The van der Waals surface area contributed by atoms with E-state index >= 15 is 0 Å². The van der Waals surface area contributed by atoms with Crippen molar-refractivity contribution in [2.45, 2.75) is 45.6 Å². The predicted molar refractivity (Wildman–Crippen MR) is 127 cm³/mol. The number of methoxy groups -OCH3 is 1. The van der Waals surface area contributed by atoms with Crippen LogP contribution < -0.4 is 10.6 Å². The summed E-state index contributed by atoms with van der Waals surface area (Å²) in [5, 5.41) is 6.85. The molecule has 7 heteroatoms. The molecule has 0 bridgehead atoms. The van der Waals surface area contributed by atoms with E-state index in [1.165, 1.54) is 24.8 Å². The van der Waals surface area contributed by atoms with Crippen LogP contribution in [0, 0.1) is 5.41 Å². The summed E-state index contributed by atoms with van der Waals surface area (Å²) in [6.45, 7) is 6.55. The van der Waals surface area contributed by atoms with E-state index in [1.54, 1.807) is 7.11 Å². The number of imidazole rings is 1. The van der Waals surface area contributed by atoms with Crippen LogP contribution in [-0.2, 0) is 11.3 Å². The first-order chi connectivity index (χ1) is 13.3. The molecule has 0 spiro atoms. The number of hydrogen-bond acceptors (Lipinski definition) is 3. The van der Waals surface area contributed by atoms with E-state index in [9.17, 15) is 0 Å². The first-order valence-electron chi connectivity index (χ1n) is 10.2. The van der Waals surface area contributed by atoms with E-state index in [4.69, 9.17) is 9.73 Å². The van der Waals surface area contributed by atoms with Crippen molar-refractivity contribution in [2.24, 2.45) is 10.4 Å². The maximum atomic E-state index is 5.29. The lowest BCUT2D eigenvalue weighted by molar-refractivity contribution is 0.0778. The highest BCUT2D eigenvalue weighted by Gasteiger charge is 2.36. The largest absolute Gasteiger partial charge is 0.385 e. The summed E-state index contributed by atoms with van der Waals surface area (Å²) in [5.41, 5.74) is 2.61. The van der Waals surface area contributed by atoms with Gasteiger partial charge in [-0.15, -0.1) is 24.0 Å². The topological polar surface area (TPSA) is 63.5 Å². The Kier molecular flexibility index (Phi) is 9.50. The molecule has 3 rings (SSSR count). The van der Waals surface area contributed by atoms with Gasteiger partial charge in [0.15, 0.2) is 5.96 Å². The predicted octanol–water partition coefficient (Wildman–Crippen LogP) is 3.81. The van der Waals surface area contributed by atoms with E-state index in [2.05, 4.69) is 45.3 Å². The third kappa shape index (κ3) is 6.07. The molecule has 28 heavy (non-hydrogen) atoms. The Morgan fingerprint density at radius 1 is 1.29 bits per heavy atom. The van der Waals surface area contributed by atoms with Gasteiger partial charge in [0.05, 0.1) is 17.4 Å². The second-order valence-corrected chi connectivity index (χ2v) is 7.50. The second-order valence-electron chi connectivity index (χ2n) is 7.50. The Labute approximate surface area is 185 Å². The summed E-state index contributed by atoms with van der Waals surface area (Å²) in [6, 6.07) is 8.27. The molecule has 0 radical (unpaired) electrons. The number of aryl methyl sites for hydroxylation is 1. The summed E-state index contributed by atoms with van der Waals surface area (Å²) < 4.78 is 7.50. The quantitative estimate of drug-likeness (QED) is 0.226. The maximum absolute atomic E-state index is 5.29. The minimum Gasteiger partial charge on any atom is -0.385 e. The van der Waals surface area contributed by atoms with E-state index in [0.717, 1.165) is 57.1 Å². The third-order valence-corrected chi connectivity index (χ3v) is 5.56. The van der Waals surface area contributed by atoms with Crippen LogP contribution in [0.3, 0.4) is 0 Å². The highest BCUT2D eigenvalue weighted by atomic mass is 127. The van der Waals surface area contributed by atoms with Crippen LogP contribution in [0.15, 0.2) is 35.6 Å². The average molecular weight is 499 g/mol. The van der Waals surface area contributed by atoms with Crippen molar-refractivity contribution in [3.05, 3.63) is 30.6 Å². The van der Waals surface area contributed by atoms with Gasteiger partial charge in [-0.1, -0.05) is 18.6 Å². The Morgan fingerprint density at radius 3 is 2.82 bits per heavy atom. The summed E-state index contributed by atoms with van der Waals surface area (Å²) >= 11 is 0. The van der Waals surface area contributed by atoms with Crippen molar-refractivity contribution in [2.75, 3.05) is 33.4 Å². The van der Waals surface area contributed by atoms with Gasteiger partial charge in [-0.25, -0.2) is 4.98 Å². The van der Waals surface area contributed by atoms with E-state index < -0.39 is 0 Å². The number of fused-ring (bicyclic) bond motifs is 1. The monoisotopic (exact) mass is 499 g/mol. The van der Waals surface area contributed by atoms with Gasteiger partial charge in [0, 0.05) is 39.9 Å².